The zero-order valence-electron chi connectivity index (χ0n) is 18.1. The lowest BCUT2D eigenvalue weighted by atomic mass is 10.1. The Morgan fingerprint density at radius 1 is 1.03 bits per heavy atom. The molecule has 7 nitrogen and oxygen atoms in total. The van der Waals surface area contributed by atoms with E-state index in [-0.39, 0.29) is 21.6 Å². The molecule has 0 saturated heterocycles. The highest BCUT2D eigenvalue weighted by Crippen LogP contribution is 2.45. The Hall–Kier alpha value is -3.07. The molecule has 0 radical (unpaired) electrons. The molecule has 1 amide bonds. The van der Waals surface area contributed by atoms with Crippen molar-refractivity contribution in [2.24, 2.45) is 0 Å². The van der Waals surface area contributed by atoms with Crippen LogP contribution in [0.15, 0.2) is 48.5 Å². The molecule has 34 heavy (non-hydrogen) atoms. The maximum atomic E-state index is 12.2. The molecule has 178 valence electrons. The number of aromatic carboxylic acids is 1. The molecular weight excluding hydrogens is 501 g/mol. The van der Waals surface area contributed by atoms with Crippen LogP contribution in [0, 0.1) is 0 Å². The van der Waals surface area contributed by atoms with Crippen molar-refractivity contribution in [3.8, 4) is 16.2 Å². The predicted molar refractivity (Wildman–Crippen MR) is 131 cm³/mol. The highest BCUT2D eigenvalue weighted by molar-refractivity contribution is 7.18. The maximum absolute atomic E-state index is 12.2. The second kappa shape index (κ2) is 11.4. The van der Waals surface area contributed by atoms with E-state index in [4.69, 9.17) is 33.0 Å². The maximum Gasteiger partial charge on any atom is 0.349 e. The van der Waals surface area contributed by atoms with E-state index in [1.165, 1.54) is 6.92 Å². The summed E-state index contributed by atoms with van der Waals surface area (Å²) in [4.78, 5) is 36.7. The Labute approximate surface area is 210 Å². The first-order valence-electron chi connectivity index (χ1n) is 10.1. The molecule has 2 aromatic carbocycles. The van der Waals surface area contributed by atoms with E-state index in [1.807, 2.05) is 36.4 Å². The van der Waals surface area contributed by atoms with Crippen molar-refractivity contribution in [3.63, 3.8) is 0 Å². The Kier molecular flexibility index (Phi) is 8.55. The zero-order chi connectivity index (χ0) is 24.8. The molecular formula is C24H21Cl2NO6S. The van der Waals surface area contributed by atoms with E-state index in [0.29, 0.717) is 35.0 Å². The van der Waals surface area contributed by atoms with Gasteiger partial charge in [0, 0.05) is 25.0 Å². The van der Waals surface area contributed by atoms with Crippen molar-refractivity contribution in [3.05, 3.63) is 74.6 Å². The number of nitrogens with zero attached hydrogens (tertiary/aromatic N) is 1. The largest absolute Gasteiger partial charge is 0.479 e. The number of ether oxygens (including phenoxy) is 1. The molecule has 0 saturated carbocycles. The van der Waals surface area contributed by atoms with E-state index in [9.17, 15) is 19.5 Å². The lowest BCUT2D eigenvalue weighted by molar-refractivity contribution is -0.139. The summed E-state index contributed by atoms with van der Waals surface area (Å²) in [6, 6.07) is 14.7. The SMILES string of the molecule is CC(=O)N(CCc1ccc(Cl)cc1)Cc1cccc(-c2sc(C(=O)O)c(OCC(=O)O)c2Cl)c1. The number of carboxylic acid groups (broad SMARTS) is 2. The molecule has 0 fully saturated rings. The van der Waals surface area contributed by atoms with E-state index >= 15 is 0 Å². The molecule has 3 aromatic rings. The van der Waals surface area contributed by atoms with Crippen molar-refractivity contribution < 1.29 is 29.3 Å². The third-order valence-corrected chi connectivity index (χ3v) is 6.87. The van der Waals surface area contributed by atoms with Crippen LogP contribution in [0.5, 0.6) is 5.75 Å². The molecule has 0 bridgehead atoms. The van der Waals surface area contributed by atoms with Gasteiger partial charge in [0.25, 0.3) is 0 Å². The number of carbonyl (C=O) groups excluding carboxylic acids is 1. The molecule has 1 aromatic heterocycles. The highest BCUT2D eigenvalue weighted by Gasteiger charge is 2.25. The fourth-order valence-corrected chi connectivity index (χ4v) is 4.81. The number of rotatable bonds is 10. The summed E-state index contributed by atoms with van der Waals surface area (Å²) < 4.78 is 5.14. The molecule has 10 heteroatoms. The molecule has 0 spiro atoms. The van der Waals surface area contributed by atoms with E-state index in [1.54, 1.807) is 17.0 Å². The van der Waals surface area contributed by atoms with Gasteiger partial charge in [-0.05, 0) is 41.3 Å². The average molecular weight is 522 g/mol. The fourth-order valence-electron chi connectivity index (χ4n) is 3.28. The summed E-state index contributed by atoms with van der Waals surface area (Å²) in [5, 5.41) is 19.0. The van der Waals surface area contributed by atoms with Gasteiger partial charge < -0.3 is 19.8 Å². The number of amides is 1. The van der Waals surface area contributed by atoms with Crippen molar-refractivity contribution in [2.75, 3.05) is 13.2 Å². The van der Waals surface area contributed by atoms with Gasteiger partial charge in [-0.1, -0.05) is 53.5 Å². The normalized spacial score (nSPS) is 10.7. The summed E-state index contributed by atoms with van der Waals surface area (Å²) in [5.74, 6) is -2.76. The number of halogens is 2. The Morgan fingerprint density at radius 3 is 2.35 bits per heavy atom. The van der Waals surface area contributed by atoms with Crippen LogP contribution in [-0.2, 0) is 22.6 Å². The minimum atomic E-state index is -1.26. The molecule has 0 aliphatic carbocycles. The second-order valence-corrected chi connectivity index (χ2v) is 9.24. The number of carbonyl (C=O) groups is 3. The average Bonchev–Trinajstić information content (AvgIpc) is 3.12. The number of carboxylic acids is 2. The minimum absolute atomic E-state index is 0.0342. The van der Waals surface area contributed by atoms with Crippen molar-refractivity contribution >= 4 is 52.4 Å². The van der Waals surface area contributed by atoms with E-state index < -0.39 is 18.5 Å². The Morgan fingerprint density at radius 2 is 1.74 bits per heavy atom. The number of aliphatic carboxylic acids is 1. The lowest BCUT2D eigenvalue weighted by Crippen LogP contribution is -2.30. The number of hydrogen-bond acceptors (Lipinski definition) is 5. The number of hydrogen-bond donors (Lipinski definition) is 2. The molecule has 2 N–H and O–H groups in total. The van der Waals surface area contributed by atoms with Crippen LogP contribution >= 0.6 is 34.5 Å². The Bertz CT molecular complexity index is 1210. The van der Waals surface area contributed by atoms with Crippen LogP contribution in [0.4, 0.5) is 0 Å². The standard InChI is InChI=1S/C24H21Cl2NO6S/c1-14(28)27(10-9-15-5-7-18(25)8-6-15)12-16-3-2-4-17(11-16)22-20(26)21(33-13-19(29)30)23(34-22)24(31)32/h2-8,11H,9-10,12-13H2,1H3,(H,29,30)(H,31,32). The van der Waals surface area contributed by atoms with Gasteiger partial charge in [-0.25, -0.2) is 9.59 Å². The molecule has 0 unspecified atom stereocenters. The first-order valence-corrected chi connectivity index (χ1v) is 11.7. The molecule has 0 aliphatic heterocycles. The van der Waals surface area contributed by atoms with Gasteiger partial charge in [-0.2, -0.15) is 0 Å². The first kappa shape index (κ1) is 25.6. The molecule has 0 aliphatic rings. The Balaban J connectivity index is 1.82. The summed E-state index contributed by atoms with van der Waals surface area (Å²) in [5.41, 5.74) is 2.53. The van der Waals surface area contributed by atoms with Gasteiger partial charge in [0.15, 0.2) is 17.2 Å². The molecule has 1 heterocycles. The second-order valence-electron chi connectivity index (χ2n) is 7.41. The number of benzene rings is 2. The monoisotopic (exact) mass is 521 g/mol. The third-order valence-electron chi connectivity index (χ3n) is 4.93. The van der Waals surface area contributed by atoms with Crippen molar-refractivity contribution in [2.45, 2.75) is 19.9 Å². The van der Waals surface area contributed by atoms with Gasteiger partial charge in [-0.15, -0.1) is 11.3 Å². The van der Waals surface area contributed by atoms with Gasteiger partial charge in [0.2, 0.25) is 5.91 Å². The van der Waals surface area contributed by atoms with Crippen molar-refractivity contribution in [1.29, 1.82) is 0 Å². The minimum Gasteiger partial charge on any atom is -0.479 e. The van der Waals surface area contributed by atoms with Crippen molar-refractivity contribution in [1.82, 2.24) is 4.90 Å². The third kappa shape index (κ3) is 6.50. The van der Waals surface area contributed by atoms with E-state index in [0.717, 1.165) is 22.5 Å². The van der Waals surface area contributed by atoms with Crippen LogP contribution in [0.3, 0.4) is 0 Å². The zero-order valence-corrected chi connectivity index (χ0v) is 20.4. The lowest BCUT2D eigenvalue weighted by Gasteiger charge is -2.21. The van der Waals surface area contributed by atoms with Crippen LogP contribution in [0.1, 0.15) is 27.7 Å². The van der Waals surface area contributed by atoms with Crippen LogP contribution in [-0.4, -0.2) is 46.1 Å². The topological polar surface area (TPSA) is 104 Å². The molecule has 3 rings (SSSR count). The highest BCUT2D eigenvalue weighted by atomic mass is 35.5. The fraction of sp³-hybridized carbons (Fsp3) is 0.208. The van der Waals surface area contributed by atoms with Gasteiger partial charge in [-0.3, -0.25) is 4.79 Å². The summed E-state index contributed by atoms with van der Waals surface area (Å²) in [6.07, 6.45) is 0.666. The van der Waals surface area contributed by atoms with Crippen LogP contribution < -0.4 is 4.74 Å². The molecule has 0 atom stereocenters. The van der Waals surface area contributed by atoms with Gasteiger partial charge in [0.05, 0.1) is 4.88 Å². The van der Waals surface area contributed by atoms with Crippen LogP contribution in [0.2, 0.25) is 10.0 Å². The predicted octanol–water partition coefficient (Wildman–Crippen LogP) is 5.47. The van der Waals surface area contributed by atoms with Gasteiger partial charge >= 0.3 is 11.9 Å². The summed E-state index contributed by atoms with van der Waals surface area (Å²) in [7, 11) is 0. The van der Waals surface area contributed by atoms with Gasteiger partial charge in [0.1, 0.15) is 5.02 Å². The first-order chi connectivity index (χ1) is 16.2. The smallest absolute Gasteiger partial charge is 0.349 e. The van der Waals surface area contributed by atoms with E-state index in [2.05, 4.69) is 0 Å². The quantitative estimate of drug-likeness (QED) is 0.366. The summed E-state index contributed by atoms with van der Waals surface area (Å²) in [6.45, 7) is 1.66. The number of thiophene rings is 1. The summed E-state index contributed by atoms with van der Waals surface area (Å²) >= 11 is 13.2. The van der Waals surface area contributed by atoms with Crippen LogP contribution in [0.25, 0.3) is 10.4 Å².